The highest BCUT2D eigenvalue weighted by Gasteiger charge is 2.26. The van der Waals surface area contributed by atoms with Crippen LogP contribution in [0.15, 0.2) is 22.7 Å². The largest absolute Gasteiger partial charge is 0.489 e. The van der Waals surface area contributed by atoms with Gasteiger partial charge in [0.15, 0.2) is 0 Å². The van der Waals surface area contributed by atoms with Crippen molar-refractivity contribution < 1.29 is 4.74 Å². The molecule has 0 aliphatic heterocycles. The number of hydrogen-bond acceptors (Lipinski definition) is 2. The summed E-state index contributed by atoms with van der Waals surface area (Å²) >= 11 is 3.63. The Kier molecular flexibility index (Phi) is 5.71. The Labute approximate surface area is 125 Å². The van der Waals surface area contributed by atoms with Crippen LogP contribution in [0.2, 0.25) is 0 Å². The first-order chi connectivity index (χ1) is 9.26. The summed E-state index contributed by atoms with van der Waals surface area (Å²) in [5, 5.41) is 3.21. The number of para-hydroxylation sites is 1. The lowest BCUT2D eigenvalue weighted by molar-refractivity contribution is 0.0885. The maximum atomic E-state index is 6.39. The average Bonchev–Trinajstić information content (AvgIpc) is 2.43. The lowest BCUT2D eigenvalue weighted by atomic mass is 9.84. The van der Waals surface area contributed by atoms with E-state index in [1.165, 1.54) is 37.7 Å². The fourth-order valence-corrected chi connectivity index (χ4v) is 3.46. The number of rotatable bonds is 5. The van der Waals surface area contributed by atoms with Gasteiger partial charge in [0.25, 0.3) is 0 Å². The van der Waals surface area contributed by atoms with E-state index in [-0.39, 0.29) is 0 Å². The first-order valence-corrected chi connectivity index (χ1v) is 8.14. The van der Waals surface area contributed by atoms with Crippen LogP contribution < -0.4 is 10.1 Å². The van der Waals surface area contributed by atoms with Crippen LogP contribution in [0.1, 0.15) is 44.6 Å². The highest BCUT2D eigenvalue weighted by atomic mass is 79.9. The van der Waals surface area contributed by atoms with Crippen molar-refractivity contribution in [2.24, 2.45) is 5.92 Å². The number of ether oxygens (including phenoxy) is 1. The van der Waals surface area contributed by atoms with Gasteiger partial charge in [-0.25, -0.2) is 0 Å². The third-order valence-electron chi connectivity index (χ3n) is 4.05. The quantitative estimate of drug-likeness (QED) is 0.859. The molecule has 2 rings (SSSR count). The molecule has 0 radical (unpaired) electrons. The Bertz CT molecular complexity index is 408. The summed E-state index contributed by atoms with van der Waals surface area (Å²) in [5.74, 6) is 1.74. The maximum absolute atomic E-state index is 6.39. The van der Waals surface area contributed by atoms with Crippen molar-refractivity contribution in [3.63, 3.8) is 0 Å². The Hall–Kier alpha value is -0.540. The van der Waals surface area contributed by atoms with Gasteiger partial charge < -0.3 is 10.1 Å². The molecule has 106 valence electrons. The van der Waals surface area contributed by atoms with Crippen molar-refractivity contribution in [1.29, 1.82) is 0 Å². The zero-order valence-electron chi connectivity index (χ0n) is 11.9. The van der Waals surface area contributed by atoms with Crippen LogP contribution >= 0.6 is 15.9 Å². The number of benzene rings is 1. The van der Waals surface area contributed by atoms with E-state index in [1.807, 2.05) is 7.05 Å². The molecular weight excluding hydrogens is 302 g/mol. The van der Waals surface area contributed by atoms with E-state index in [1.54, 1.807) is 0 Å². The van der Waals surface area contributed by atoms with Gasteiger partial charge in [0.1, 0.15) is 11.9 Å². The molecular formula is C16H24BrNO. The van der Waals surface area contributed by atoms with E-state index in [2.05, 4.69) is 46.4 Å². The van der Waals surface area contributed by atoms with Gasteiger partial charge in [-0.3, -0.25) is 0 Å². The maximum Gasteiger partial charge on any atom is 0.138 e. The zero-order valence-corrected chi connectivity index (χ0v) is 13.5. The molecule has 2 nitrogen and oxygen atoms in total. The smallest absolute Gasteiger partial charge is 0.138 e. The number of nitrogens with one attached hydrogen (secondary N) is 1. The molecule has 0 spiro atoms. The van der Waals surface area contributed by atoms with Crippen LogP contribution in [0.5, 0.6) is 5.75 Å². The van der Waals surface area contributed by atoms with Crippen molar-refractivity contribution in [2.45, 2.75) is 51.7 Å². The summed E-state index contributed by atoms with van der Waals surface area (Å²) in [6, 6.07) is 6.28. The highest BCUT2D eigenvalue weighted by molar-refractivity contribution is 9.10. The molecule has 1 N–H and O–H groups in total. The summed E-state index contributed by atoms with van der Waals surface area (Å²) in [6.07, 6.45) is 6.76. The van der Waals surface area contributed by atoms with Gasteiger partial charge in [-0.05, 0) is 60.6 Å². The van der Waals surface area contributed by atoms with Gasteiger partial charge in [-0.15, -0.1) is 0 Å². The van der Waals surface area contributed by atoms with Crippen LogP contribution in [0.4, 0.5) is 0 Å². The van der Waals surface area contributed by atoms with Gasteiger partial charge in [0.05, 0.1) is 4.47 Å². The molecule has 1 aromatic rings. The predicted octanol–water partition coefficient (Wildman–Crippen LogP) is 4.52. The molecule has 2 unspecified atom stereocenters. The zero-order chi connectivity index (χ0) is 13.7. The van der Waals surface area contributed by atoms with Crippen molar-refractivity contribution in [3.05, 3.63) is 28.2 Å². The van der Waals surface area contributed by atoms with E-state index >= 15 is 0 Å². The Morgan fingerprint density at radius 1 is 1.32 bits per heavy atom. The number of halogens is 1. The van der Waals surface area contributed by atoms with E-state index in [4.69, 9.17) is 4.74 Å². The molecule has 1 aromatic carbocycles. The van der Waals surface area contributed by atoms with Crippen LogP contribution in [-0.4, -0.2) is 13.2 Å². The van der Waals surface area contributed by atoms with Crippen LogP contribution in [-0.2, 0) is 6.54 Å². The van der Waals surface area contributed by atoms with Crippen molar-refractivity contribution in [1.82, 2.24) is 5.32 Å². The summed E-state index contributed by atoms with van der Waals surface area (Å²) in [7, 11) is 1.97. The first-order valence-electron chi connectivity index (χ1n) is 7.35. The molecule has 1 saturated carbocycles. The van der Waals surface area contributed by atoms with Gasteiger partial charge in [-0.2, -0.15) is 0 Å². The third kappa shape index (κ3) is 3.73. The van der Waals surface area contributed by atoms with Crippen molar-refractivity contribution >= 4 is 15.9 Å². The summed E-state index contributed by atoms with van der Waals surface area (Å²) < 4.78 is 7.46. The standard InChI is InChI=1S/C16H24BrNO/c1-3-12-7-4-5-10-15(12)19-16-13(11-18-2)8-6-9-14(16)17/h6,8-9,12,15,18H,3-5,7,10-11H2,1-2H3. The average molecular weight is 326 g/mol. The molecule has 0 aromatic heterocycles. The van der Waals surface area contributed by atoms with E-state index in [0.29, 0.717) is 12.0 Å². The first kappa shape index (κ1) is 14.9. The van der Waals surface area contributed by atoms with Gasteiger partial charge in [0, 0.05) is 12.1 Å². The predicted molar refractivity (Wildman–Crippen MR) is 83.6 cm³/mol. The Morgan fingerprint density at radius 2 is 2.11 bits per heavy atom. The highest BCUT2D eigenvalue weighted by Crippen LogP contribution is 2.35. The lowest BCUT2D eigenvalue weighted by Crippen LogP contribution is -2.30. The number of hydrogen-bond donors (Lipinski definition) is 1. The molecule has 1 aliphatic rings. The van der Waals surface area contributed by atoms with Crippen molar-refractivity contribution in [2.75, 3.05) is 7.05 Å². The monoisotopic (exact) mass is 325 g/mol. The topological polar surface area (TPSA) is 21.3 Å². The second kappa shape index (κ2) is 7.30. The van der Waals surface area contributed by atoms with Gasteiger partial charge in [-0.1, -0.05) is 25.5 Å². The van der Waals surface area contributed by atoms with Crippen LogP contribution in [0.3, 0.4) is 0 Å². The molecule has 19 heavy (non-hydrogen) atoms. The minimum absolute atomic E-state index is 0.382. The third-order valence-corrected chi connectivity index (χ3v) is 4.67. The normalized spacial score (nSPS) is 23.3. The molecule has 3 heteroatoms. The minimum Gasteiger partial charge on any atom is -0.489 e. The summed E-state index contributed by atoms with van der Waals surface area (Å²) in [4.78, 5) is 0. The molecule has 0 amide bonds. The molecule has 0 saturated heterocycles. The second-order valence-corrected chi connectivity index (χ2v) is 6.22. The fraction of sp³-hybridized carbons (Fsp3) is 0.625. The minimum atomic E-state index is 0.382. The second-order valence-electron chi connectivity index (χ2n) is 5.37. The van der Waals surface area contributed by atoms with Gasteiger partial charge >= 0.3 is 0 Å². The summed E-state index contributed by atoms with van der Waals surface area (Å²) in [5.41, 5.74) is 1.23. The SMILES string of the molecule is CCC1CCCCC1Oc1c(Br)cccc1CNC. The Balaban J connectivity index is 2.16. The van der Waals surface area contributed by atoms with Crippen LogP contribution in [0.25, 0.3) is 0 Å². The lowest BCUT2D eigenvalue weighted by Gasteiger charge is -2.32. The van der Waals surface area contributed by atoms with Gasteiger partial charge in [0.2, 0.25) is 0 Å². The van der Waals surface area contributed by atoms with Crippen molar-refractivity contribution in [3.8, 4) is 5.75 Å². The molecule has 2 atom stereocenters. The Morgan fingerprint density at radius 3 is 2.84 bits per heavy atom. The summed E-state index contributed by atoms with van der Waals surface area (Å²) in [6.45, 7) is 3.12. The molecule has 0 heterocycles. The van der Waals surface area contributed by atoms with E-state index in [9.17, 15) is 0 Å². The molecule has 1 aliphatic carbocycles. The van der Waals surface area contributed by atoms with E-state index < -0.39 is 0 Å². The van der Waals surface area contributed by atoms with E-state index in [0.717, 1.165) is 16.8 Å². The molecule has 1 fully saturated rings. The van der Waals surface area contributed by atoms with Crippen LogP contribution in [0, 0.1) is 5.92 Å². The fourth-order valence-electron chi connectivity index (χ4n) is 2.96. The molecule has 0 bridgehead atoms.